The van der Waals surface area contributed by atoms with Crippen LogP contribution in [-0.4, -0.2) is 48.4 Å². The lowest BCUT2D eigenvalue weighted by Gasteiger charge is -2.30. The highest BCUT2D eigenvalue weighted by atomic mass is 16.4. The fourth-order valence-electron chi connectivity index (χ4n) is 2.78. The van der Waals surface area contributed by atoms with Gasteiger partial charge in [-0.05, 0) is 57.1 Å². The molecule has 1 aliphatic heterocycles. The van der Waals surface area contributed by atoms with Crippen molar-refractivity contribution >= 4 is 0 Å². The van der Waals surface area contributed by atoms with Crippen molar-refractivity contribution in [1.82, 2.24) is 35.3 Å². The van der Waals surface area contributed by atoms with Gasteiger partial charge in [0.1, 0.15) is 0 Å². The number of aromatic amines is 1. The Bertz CT molecular complexity index is 673. The SMILES string of the molecule is CC(C)(C)n1nnnc1CN1CCC(c2n[nH]c(=O)o2)CC1. The summed E-state index contributed by atoms with van der Waals surface area (Å²) in [6.07, 6.45) is 1.82. The molecule has 0 saturated carbocycles. The largest absolute Gasteiger partial charge is 0.434 e. The fraction of sp³-hybridized carbons (Fsp3) is 0.769. The molecule has 0 bridgehead atoms. The van der Waals surface area contributed by atoms with E-state index in [1.54, 1.807) is 0 Å². The molecule has 1 fully saturated rings. The minimum absolute atomic E-state index is 0.129. The maximum absolute atomic E-state index is 11.0. The number of hydrogen-bond donors (Lipinski definition) is 1. The molecule has 0 aromatic carbocycles. The molecule has 9 heteroatoms. The van der Waals surface area contributed by atoms with E-state index in [4.69, 9.17) is 4.42 Å². The second kappa shape index (κ2) is 5.64. The molecule has 2 aromatic heterocycles. The third kappa shape index (κ3) is 3.08. The number of aromatic nitrogens is 6. The number of nitrogens with zero attached hydrogens (tertiary/aromatic N) is 6. The molecule has 0 spiro atoms. The van der Waals surface area contributed by atoms with Crippen molar-refractivity contribution in [2.24, 2.45) is 0 Å². The van der Waals surface area contributed by atoms with Crippen LogP contribution in [0, 0.1) is 0 Å². The van der Waals surface area contributed by atoms with Crippen molar-refractivity contribution in [3.8, 4) is 0 Å². The van der Waals surface area contributed by atoms with E-state index >= 15 is 0 Å². The fourth-order valence-corrected chi connectivity index (χ4v) is 2.78. The van der Waals surface area contributed by atoms with E-state index in [1.165, 1.54) is 0 Å². The summed E-state index contributed by atoms with van der Waals surface area (Å²) in [6, 6.07) is 0. The number of hydrogen-bond acceptors (Lipinski definition) is 7. The molecule has 1 aliphatic rings. The van der Waals surface area contributed by atoms with Crippen LogP contribution in [0.1, 0.15) is 51.2 Å². The smallest absolute Gasteiger partial charge is 0.392 e. The summed E-state index contributed by atoms with van der Waals surface area (Å²) < 4.78 is 6.92. The highest BCUT2D eigenvalue weighted by Gasteiger charge is 2.27. The Morgan fingerprint density at radius 3 is 2.64 bits per heavy atom. The highest BCUT2D eigenvalue weighted by Crippen LogP contribution is 2.26. The van der Waals surface area contributed by atoms with E-state index in [1.807, 2.05) is 4.68 Å². The summed E-state index contributed by atoms with van der Waals surface area (Å²) in [4.78, 5) is 13.3. The lowest BCUT2D eigenvalue weighted by molar-refractivity contribution is 0.180. The van der Waals surface area contributed by atoms with Gasteiger partial charge in [0.25, 0.3) is 0 Å². The highest BCUT2D eigenvalue weighted by molar-refractivity contribution is 4.94. The average Bonchev–Trinajstić information content (AvgIpc) is 3.08. The first-order valence-electron chi connectivity index (χ1n) is 7.49. The van der Waals surface area contributed by atoms with Crippen molar-refractivity contribution in [3.05, 3.63) is 22.3 Å². The van der Waals surface area contributed by atoms with E-state index in [-0.39, 0.29) is 11.5 Å². The van der Waals surface area contributed by atoms with Crippen LogP contribution < -0.4 is 5.76 Å². The molecule has 22 heavy (non-hydrogen) atoms. The van der Waals surface area contributed by atoms with Gasteiger partial charge in [0.05, 0.1) is 12.1 Å². The van der Waals surface area contributed by atoms with Crippen LogP contribution in [-0.2, 0) is 12.1 Å². The molecule has 2 aromatic rings. The lowest BCUT2D eigenvalue weighted by Crippen LogP contribution is -2.35. The molecule has 0 aliphatic carbocycles. The van der Waals surface area contributed by atoms with Gasteiger partial charge in [-0.15, -0.1) is 10.2 Å². The summed E-state index contributed by atoms with van der Waals surface area (Å²) in [6.45, 7) is 8.77. The molecule has 120 valence electrons. The number of H-pyrrole nitrogens is 1. The maximum Gasteiger partial charge on any atom is 0.434 e. The zero-order valence-electron chi connectivity index (χ0n) is 13.1. The molecular weight excluding hydrogens is 286 g/mol. The van der Waals surface area contributed by atoms with Gasteiger partial charge in [-0.3, -0.25) is 4.90 Å². The van der Waals surface area contributed by atoms with Gasteiger partial charge < -0.3 is 4.42 Å². The first kappa shape index (κ1) is 14.9. The van der Waals surface area contributed by atoms with Crippen LogP contribution in [0.5, 0.6) is 0 Å². The molecule has 1 N–H and O–H groups in total. The van der Waals surface area contributed by atoms with E-state index < -0.39 is 5.76 Å². The third-order valence-corrected chi connectivity index (χ3v) is 3.93. The van der Waals surface area contributed by atoms with Gasteiger partial charge in [-0.1, -0.05) is 0 Å². The van der Waals surface area contributed by atoms with Gasteiger partial charge >= 0.3 is 5.76 Å². The lowest BCUT2D eigenvalue weighted by atomic mass is 9.97. The van der Waals surface area contributed by atoms with Crippen LogP contribution in [0.3, 0.4) is 0 Å². The van der Waals surface area contributed by atoms with Gasteiger partial charge in [0.15, 0.2) is 5.82 Å². The zero-order valence-corrected chi connectivity index (χ0v) is 13.1. The summed E-state index contributed by atoms with van der Waals surface area (Å²) in [7, 11) is 0. The minimum atomic E-state index is -0.484. The summed E-state index contributed by atoms with van der Waals surface area (Å²) in [5.74, 6) is 1.11. The minimum Gasteiger partial charge on any atom is -0.392 e. The number of tetrazole rings is 1. The summed E-state index contributed by atoms with van der Waals surface area (Å²) >= 11 is 0. The number of piperidine rings is 1. The second-order valence-electron chi connectivity index (χ2n) is 6.68. The molecule has 0 atom stereocenters. The average molecular weight is 307 g/mol. The molecule has 0 unspecified atom stereocenters. The van der Waals surface area contributed by atoms with Gasteiger partial charge in [0.2, 0.25) is 5.89 Å². The van der Waals surface area contributed by atoms with Crippen LogP contribution in [0.25, 0.3) is 0 Å². The van der Waals surface area contributed by atoms with E-state index in [9.17, 15) is 4.79 Å². The van der Waals surface area contributed by atoms with Gasteiger partial charge in [-0.25, -0.2) is 14.6 Å². The quantitative estimate of drug-likeness (QED) is 0.879. The third-order valence-electron chi connectivity index (χ3n) is 3.93. The predicted octanol–water partition coefficient (Wildman–Crippen LogP) is 0.484. The van der Waals surface area contributed by atoms with Gasteiger partial charge in [-0.2, -0.15) is 0 Å². The normalized spacial score (nSPS) is 18.0. The molecular formula is C13H21N7O2. The Kier molecular flexibility index (Phi) is 3.81. The van der Waals surface area contributed by atoms with Crippen molar-refractivity contribution in [2.75, 3.05) is 13.1 Å². The Morgan fingerprint density at radius 2 is 2.05 bits per heavy atom. The number of nitrogens with one attached hydrogen (secondary N) is 1. The van der Waals surface area contributed by atoms with Crippen molar-refractivity contribution in [2.45, 2.75) is 51.6 Å². The molecule has 3 rings (SSSR count). The summed E-state index contributed by atoms with van der Waals surface area (Å²) in [5.41, 5.74) is -0.129. The molecule has 9 nitrogen and oxygen atoms in total. The topological polar surface area (TPSA) is 106 Å². The van der Waals surface area contributed by atoms with E-state index in [0.717, 1.165) is 38.3 Å². The standard InChI is InChI=1S/C13H21N7O2/c1-13(2,3)20-10(14-17-18-20)8-19-6-4-9(5-7-19)11-15-16-12(21)22-11/h9H,4-8H2,1-3H3,(H,16,21). The summed E-state index contributed by atoms with van der Waals surface area (Å²) in [5, 5.41) is 18.3. The maximum atomic E-state index is 11.0. The number of rotatable bonds is 3. The Balaban J connectivity index is 1.61. The van der Waals surface area contributed by atoms with E-state index in [0.29, 0.717) is 5.89 Å². The van der Waals surface area contributed by atoms with Crippen LogP contribution >= 0.6 is 0 Å². The molecule has 3 heterocycles. The first-order valence-corrected chi connectivity index (χ1v) is 7.49. The zero-order chi connectivity index (χ0) is 15.7. The molecule has 0 amide bonds. The molecule has 1 saturated heterocycles. The van der Waals surface area contributed by atoms with Crippen LogP contribution in [0.4, 0.5) is 0 Å². The van der Waals surface area contributed by atoms with Gasteiger partial charge in [0, 0.05) is 5.92 Å². The molecule has 0 radical (unpaired) electrons. The predicted molar refractivity (Wildman–Crippen MR) is 77.2 cm³/mol. The van der Waals surface area contributed by atoms with Crippen LogP contribution in [0.2, 0.25) is 0 Å². The van der Waals surface area contributed by atoms with Crippen molar-refractivity contribution in [3.63, 3.8) is 0 Å². The second-order valence-corrected chi connectivity index (χ2v) is 6.68. The number of likely N-dealkylation sites (tertiary alicyclic amines) is 1. The van der Waals surface area contributed by atoms with Crippen molar-refractivity contribution < 1.29 is 4.42 Å². The van der Waals surface area contributed by atoms with Crippen molar-refractivity contribution in [1.29, 1.82) is 0 Å². The van der Waals surface area contributed by atoms with E-state index in [2.05, 4.69) is 51.4 Å². The Morgan fingerprint density at radius 1 is 1.32 bits per heavy atom. The monoisotopic (exact) mass is 307 g/mol. The van der Waals surface area contributed by atoms with Crippen LogP contribution in [0.15, 0.2) is 9.21 Å². The Labute approximate surface area is 127 Å². The first-order chi connectivity index (χ1) is 10.4. The Hall–Kier alpha value is -2.03.